The Kier molecular flexibility index (Phi) is 4.02. The molecule has 0 amide bonds. The Morgan fingerprint density at radius 3 is 2.45 bits per heavy atom. The molecule has 0 saturated heterocycles. The van der Waals surface area contributed by atoms with Crippen molar-refractivity contribution in [2.45, 2.75) is 0 Å². The molecule has 0 aliphatic rings. The molecule has 0 spiro atoms. The maximum atomic E-state index is 13.7. The second kappa shape index (κ2) is 5.43. The van der Waals surface area contributed by atoms with E-state index in [4.69, 9.17) is 0 Å². The summed E-state index contributed by atoms with van der Waals surface area (Å²) in [4.78, 5) is 3.73. The molecule has 0 unspecified atom stereocenters. The lowest BCUT2D eigenvalue weighted by atomic mass is 10.3. The van der Waals surface area contributed by atoms with Crippen LogP contribution in [0.2, 0.25) is 0 Å². The first-order valence-electron chi connectivity index (χ1n) is 5.12. The van der Waals surface area contributed by atoms with Gasteiger partial charge < -0.3 is 0 Å². The Morgan fingerprint density at radius 2 is 1.90 bits per heavy atom. The van der Waals surface area contributed by atoms with Crippen LogP contribution in [0, 0.1) is 11.6 Å². The zero-order chi connectivity index (χ0) is 14.9. The third-order valence-electron chi connectivity index (χ3n) is 2.28. The Labute approximate surface area is 121 Å². The SMILES string of the molecule is O=S(=O)(O)N(c1cncc(Br)c1)c1ccc(F)cc1F. The lowest BCUT2D eigenvalue weighted by Gasteiger charge is -2.21. The van der Waals surface area contributed by atoms with Crippen LogP contribution in [0.5, 0.6) is 0 Å². The van der Waals surface area contributed by atoms with Gasteiger partial charge in [0.05, 0.1) is 17.6 Å². The molecule has 2 aromatic rings. The summed E-state index contributed by atoms with van der Waals surface area (Å²) in [6.45, 7) is 0. The molecule has 1 heterocycles. The summed E-state index contributed by atoms with van der Waals surface area (Å²) in [7, 11) is -4.81. The number of hydrogen-bond acceptors (Lipinski definition) is 3. The molecule has 2 rings (SSSR count). The van der Waals surface area contributed by atoms with Crippen molar-refractivity contribution in [3.8, 4) is 0 Å². The van der Waals surface area contributed by atoms with E-state index in [-0.39, 0.29) is 5.69 Å². The van der Waals surface area contributed by atoms with Crippen LogP contribution in [0.1, 0.15) is 0 Å². The van der Waals surface area contributed by atoms with Gasteiger partial charge in [-0.25, -0.2) is 13.1 Å². The molecule has 0 aliphatic heterocycles. The fraction of sp³-hybridized carbons (Fsp3) is 0. The van der Waals surface area contributed by atoms with Gasteiger partial charge in [-0.15, -0.1) is 0 Å². The maximum Gasteiger partial charge on any atom is 0.364 e. The summed E-state index contributed by atoms with van der Waals surface area (Å²) in [6.07, 6.45) is 2.49. The molecule has 0 bridgehead atoms. The number of pyridine rings is 1. The van der Waals surface area contributed by atoms with Gasteiger partial charge in [-0.1, -0.05) is 0 Å². The fourth-order valence-electron chi connectivity index (χ4n) is 1.55. The number of rotatable bonds is 3. The van der Waals surface area contributed by atoms with E-state index in [9.17, 15) is 21.8 Å². The van der Waals surface area contributed by atoms with Gasteiger partial charge in [0.15, 0.2) is 5.82 Å². The summed E-state index contributed by atoms with van der Waals surface area (Å²) in [5, 5.41) is 0. The first-order chi connectivity index (χ1) is 9.29. The van der Waals surface area contributed by atoms with Gasteiger partial charge in [0, 0.05) is 16.7 Å². The maximum absolute atomic E-state index is 13.7. The summed E-state index contributed by atoms with van der Waals surface area (Å²) < 4.78 is 59.5. The van der Waals surface area contributed by atoms with Crippen LogP contribution in [0.3, 0.4) is 0 Å². The van der Waals surface area contributed by atoms with Gasteiger partial charge in [-0.05, 0) is 34.1 Å². The molecule has 5 nitrogen and oxygen atoms in total. The van der Waals surface area contributed by atoms with Crippen LogP contribution in [0.25, 0.3) is 0 Å². The molecule has 0 saturated carbocycles. The van der Waals surface area contributed by atoms with E-state index in [1.54, 1.807) is 0 Å². The lowest BCUT2D eigenvalue weighted by Crippen LogP contribution is -2.26. The van der Waals surface area contributed by atoms with Crippen molar-refractivity contribution in [2.75, 3.05) is 4.31 Å². The molecule has 1 N–H and O–H groups in total. The minimum atomic E-state index is -4.81. The van der Waals surface area contributed by atoms with Crippen molar-refractivity contribution in [3.05, 3.63) is 52.8 Å². The van der Waals surface area contributed by atoms with Crippen LogP contribution in [-0.2, 0) is 10.3 Å². The molecule has 1 aromatic carbocycles. The number of nitrogens with zero attached hydrogens (tertiary/aromatic N) is 2. The number of anilines is 2. The average molecular weight is 365 g/mol. The number of aromatic nitrogens is 1. The summed E-state index contributed by atoms with van der Waals surface area (Å²) in [6, 6.07) is 3.60. The van der Waals surface area contributed by atoms with Gasteiger partial charge >= 0.3 is 10.3 Å². The second-order valence-corrected chi connectivity index (χ2v) is 5.88. The highest BCUT2D eigenvalue weighted by molar-refractivity contribution is 9.10. The number of halogens is 3. The first-order valence-corrected chi connectivity index (χ1v) is 7.31. The van der Waals surface area contributed by atoms with Gasteiger partial charge in [0.2, 0.25) is 0 Å². The fourth-order valence-corrected chi connectivity index (χ4v) is 2.67. The smallest absolute Gasteiger partial charge is 0.269 e. The van der Waals surface area contributed by atoms with Crippen molar-refractivity contribution in [1.29, 1.82) is 0 Å². The van der Waals surface area contributed by atoms with Crippen LogP contribution >= 0.6 is 15.9 Å². The molecular formula is C11H7BrF2N2O3S. The van der Waals surface area contributed by atoms with E-state index in [2.05, 4.69) is 20.9 Å². The first kappa shape index (κ1) is 14.8. The van der Waals surface area contributed by atoms with Crippen LogP contribution in [-0.4, -0.2) is 18.0 Å². The number of benzene rings is 1. The zero-order valence-electron chi connectivity index (χ0n) is 9.66. The van der Waals surface area contributed by atoms with E-state index < -0.39 is 27.6 Å². The highest BCUT2D eigenvalue weighted by atomic mass is 79.9. The van der Waals surface area contributed by atoms with E-state index in [1.165, 1.54) is 12.3 Å². The topological polar surface area (TPSA) is 70.5 Å². The molecule has 9 heteroatoms. The molecule has 0 fully saturated rings. The van der Waals surface area contributed by atoms with Gasteiger partial charge in [-0.2, -0.15) is 8.42 Å². The Bertz CT molecular complexity index is 755. The zero-order valence-corrected chi connectivity index (χ0v) is 12.1. The standard InChI is InChI=1S/C11H7BrF2N2O3S/c12-7-3-9(6-15-5-7)16(20(17,18)19)11-2-1-8(13)4-10(11)14/h1-6H,(H,17,18,19). The second-order valence-electron chi connectivity index (χ2n) is 3.70. The normalized spacial score (nSPS) is 11.4. The third-order valence-corrected chi connectivity index (χ3v) is 3.59. The van der Waals surface area contributed by atoms with Crippen molar-refractivity contribution in [3.63, 3.8) is 0 Å². The van der Waals surface area contributed by atoms with E-state index in [1.807, 2.05) is 0 Å². The Balaban J connectivity index is 2.66. The van der Waals surface area contributed by atoms with E-state index >= 15 is 0 Å². The van der Waals surface area contributed by atoms with Crippen molar-refractivity contribution < 1.29 is 21.8 Å². The van der Waals surface area contributed by atoms with Crippen molar-refractivity contribution >= 4 is 37.6 Å². The molecule has 0 atom stereocenters. The molecule has 0 aliphatic carbocycles. The Morgan fingerprint density at radius 1 is 1.20 bits per heavy atom. The summed E-state index contributed by atoms with van der Waals surface area (Å²) in [5.74, 6) is -2.00. The highest BCUT2D eigenvalue weighted by Gasteiger charge is 2.25. The molecule has 106 valence electrons. The van der Waals surface area contributed by atoms with Gasteiger partial charge in [-0.3, -0.25) is 9.54 Å². The van der Waals surface area contributed by atoms with Crippen LogP contribution in [0.4, 0.5) is 20.2 Å². The Hall–Kier alpha value is -1.58. The predicted octanol–water partition coefficient (Wildman–Crippen LogP) is 3.06. The van der Waals surface area contributed by atoms with Crippen LogP contribution < -0.4 is 4.31 Å². The highest BCUT2D eigenvalue weighted by Crippen LogP contribution is 2.31. The monoisotopic (exact) mass is 364 g/mol. The van der Waals surface area contributed by atoms with Crippen molar-refractivity contribution in [1.82, 2.24) is 4.98 Å². The summed E-state index contributed by atoms with van der Waals surface area (Å²) in [5.41, 5.74) is -0.624. The molecule has 1 aromatic heterocycles. The summed E-state index contributed by atoms with van der Waals surface area (Å²) >= 11 is 3.08. The third kappa shape index (κ3) is 3.11. The van der Waals surface area contributed by atoms with Crippen LogP contribution in [0.15, 0.2) is 41.1 Å². The lowest BCUT2D eigenvalue weighted by molar-refractivity contribution is 0.482. The quantitative estimate of drug-likeness (QED) is 0.849. The van der Waals surface area contributed by atoms with Gasteiger partial charge in [0.1, 0.15) is 5.82 Å². The molecule has 0 radical (unpaired) electrons. The minimum Gasteiger partial charge on any atom is -0.269 e. The van der Waals surface area contributed by atoms with E-state index in [0.717, 1.165) is 18.3 Å². The minimum absolute atomic E-state index is 0.104. The molecule has 20 heavy (non-hydrogen) atoms. The van der Waals surface area contributed by atoms with Crippen molar-refractivity contribution in [2.24, 2.45) is 0 Å². The molecular weight excluding hydrogens is 358 g/mol. The average Bonchev–Trinajstić information content (AvgIpc) is 2.31. The van der Waals surface area contributed by atoms with E-state index in [0.29, 0.717) is 14.8 Å². The predicted molar refractivity (Wildman–Crippen MR) is 72.0 cm³/mol. The largest absolute Gasteiger partial charge is 0.364 e. The van der Waals surface area contributed by atoms with Gasteiger partial charge in [0.25, 0.3) is 0 Å². The number of hydrogen-bond donors (Lipinski definition) is 1.